The summed E-state index contributed by atoms with van der Waals surface area (Å²) in [4.78, 5) is 16.4. The average Bonchev–Trinajstić information content (AvgIpc) is 2.49. The summed E-state index contributed by atoms with van der Waals surface area (Å²) in [5.74, 6) is 2.31. The largest absolute Gasteiger partial charge is 0.393 e. The zero-order chi connectivity index (χ0) is 16.4. The van der Waals surface area contributed by atoms with Crippen molar-refractivity contribution in [2.75, 3.05) is 58.3 Å². The molecular weight excluding hydrogens is 290 g/mol. The molecule has 0 radical (unpaired) electrons. The Bertz CT molecular complexity index is 522. The molecule has 0 unspecified atom stereocenters. The molecule has 6 nitrogen and oxygen atoms in total. The molecule has 1 saturated heterocycles. The number of anilines is 1. The summed E-state index contributed by atoms with van der Waals surface area (Å²) >= 11 is 0. The van der Waals surface area contributed by atoms with Gasteiger partial charge in [-0.05, 0) is 33.9 Å². The summed E-state index contributed by atoms with van der Waals surface area (Å²) in [5.41, 5.74) is 1.10. The van der Waals surface area contributed by atoms with E-state index in [0.717, 1.165) is 69.4 Å². The highest BCUT2D eigenvalue weighted by Crippen LogP contribution is 2.36. The molecular formula is C17H29N5O. The molecule has 1 aliphatic carbocycles. The van der Waals surface area contributed by atoms with E-state index in [2.05, 4.69) is 44.8 Å². The lowest BCUT2D eigenvalue weighted by molar-refractivity contribution is 0.0731. The summed E-state index contributed by atoms with van der Waals surface area (Å²) in [6, 6.07) is 2.14. The normalized spacial score (nSPS) is 25.7. The van der Waals surface area contributed by atoms with Gasteiger partial charge in [0.1, 0.15) is 11.6 Å². The Morgan fingerprint density at radius 3 is 2.48 bits per heavy atom. The Kier molecular flexibility index (Phi) is 5.14. The standard InChI is InChI=1S/C17H29N5O/c1-13-18-16(14-10-15(23)11-14)12-17(19-13)22-8-6-21(7-9-22)5-4-20(2)3/h12,14-15,23H,4-11H2,1-3H3. The minimum Gasteiger partial charge on any atom is -0.393 e. The first kappa shape index (κ1) is 16.6. The van der Waals surface area contributed by atoms with Crippen LogP contribution in [0.2, 0.25) is 0 Å². The van der Waals surface area contributed by atoms with Gasteiger partial charge in [-0.3, -0.25) is 4.90 Å². The molecule has 2 aliphatic rings. The second kappa shape index (κ2) is 7.11. The number of aliphatic hydroxyl groups excluding tert-OH is 1. The highest BCUT2D eigenvalue weighted by atomic mass is 16.3. The lowest BCUT2D eigenvalue weighted by Gasteiger charge is -2.36. The van der Waals surface area contributed by atoms with Crippen molar-refractivity contribution >= 4 is 5.82 Å². The van der Waals surface area contributed by atoms with Gasteiger partial charge in [-0.25, -0.2) is 9.97 Å². The third kappa shape index (κ3) is 4.19. The van der Waals surface area contributed by atoms with E-state index in [1.54, 1.807) is 0 Å². The Labute approximate surface area is 139 Å². The molecule has 0 bridgehead atoms. The zero-order valence-electron chi connectivity index (χ0n) is 14.6. The van der Waals surface area contributed by atoms with Crippen LogP contribution in [0.25, 0.3) is 0 Å². The van der Waals surface area contributed by atoms with Gasteiger partial charge in [0.25, 0.3) is 0 Å². The van der Waals surface area contributed by atoms with Crippen molar-refractivity contribution in [2.24, 2.45) is 0 Å². The number of likely N-dealkylation sites (N-methyl/N-ethyl adjacent to an activating group) is 1. The van der Waals surface area contributed by atoms with Gasteiger partial charge in [-0.2, -0.15) is 0 Å². The van der Waals surface area contributed by atoms with E-state index in [1.807, 2.05) is 6.92 Å². The van der Waals surface area contributed by atoms with Crippen LogP contribution < -0.4 is 4.90 Å². The minimum atomic E-state index is -0.140. The van der Waals surface area contributed by atoms with E-state index in [1.165, 1.54) is 0 Å². The fraction of sp³-hybridized carbons (Fsp3) is 0.765. The van der Waals surface area contributed by atoms with Crippen LogP contribution in [0.4, 0.5) is 5.82 Å². The number of aliphatic hydroxyl groups is 1. The van der Waals surface area contributed by atoms with Crippen LogP contribution >= 0.6 is 0 Å². The molecule has 1 saturated carbocycles. The molecule has 1 aromatic rings. The third-order valence-corrected chi connectivity index (χ3v) is 4.94. The summed E-state index contributed by atoms with van der Waals surface area (Å²) in [6.07, 6.45) is 1.54. The molecule has 1 N–H and O–H groups in total. The van der Waals surface area contributed by atoms with Crippen LogP contribution in [-0.2, 0) is 0 Å². The van der Waals surface area contributed by atoms with Gasteiger partial charge in [0, 0.05) is 56.9 Å². The Morgan fingerprint density at radius 1 is 1.17 bits per heavy atom. The van der Waals surface area contributed by atoms with Gasteiger partial charge in [-0.1, -0.05) is 0 Å². The van der Waals surface area contributed by atoms with Crippen LogP contribution in [0, 0.1) is 6.92 Å². The first-order chi connectivity index (χ1) is 11.0. The zero-order valence-corrected chi connectivity index (χ0v) is 14.6. The number of aryl methyl sites for hydroxylation is 1. The fourth-order valence-electron chi connectivity index (χ4n) is 3.32. The van der Waals surface area contributed by atoms with Crippen LogP contribution in [0.3, 0.4) is 0 Å². The number of nitrogens with zero attached hydrogens (tertiary/aromatic N) is 5. The van der Waals surface area contributed by atoms with Gasteiger partial charge in [0.2, 0.25) is 0 Å². The quantitative estimate of drug-likeness (QED) is 0.862. The van der Waals surface area contributed by atoms with Crippen molar-refractivity contribution in [3.8, 4) is 0 Å². The van der Waals surface area contributed by atoms with E-state index in [-0.39, 0.29) is 6.10 Å². The molecule has 0 amide bonds. The van der Waals surface area contributed by atoms with Crippen LogP contribution in [-0.4, -0.2) is 84.3 Å². The predicted octanol–water partition coefficient (Wildman–Crippen LogP) is 0.707. The van der Waals surface area contributed by atoms with E-state index >= 15 is 0 Å². The van der Waals surface area contributed by atoms with Crippen molar-refractivity contribution in [1.82, 2.24) is 19.8 Å². The van der Waals surface area contributed by atoms with Crippen LogP contribution in [0.15, 0.2) is 6.07 Å². The Morgan fingerprint density at radius 2 is 1.87 bits per heavy atom. The Balaban J connectivity index is 1.59. The predicted molar refractivity (Wildman–Crippen MR) is 92.0 cm³/mol. The molecule has 0 atom stereocenters. The molecule has 23 heavy (non-hydrogen) atoms. The molecule has 1 aromatic heterocycles. The summed E-state index contributed by atoms with van der Waals surface area (Å²) < 4.78 is 0. The molecule has 128 valence electrons. The van der Waals surface area contributed by atoms with Gasteiger partial charge in [0.15, 0.2) is 0 Å². The lowest BCUT2D eigenvalue weighted by atomic mass is 9.80. The highest BCUT2D eigenvalue weighted by molar-refractivity contribution is 5.41. The van der Waals surface area contributed by atoms with Crippen molar-refractivity contribution in [2.45, 2.75) is 31.8 Å². The number of hydrogen-bond acceptors (Lipinski definition) is 6. The maximum atomic E-state index is 9.52. The minimum absolute atomic E-state index is 0.140. The SMILES string of the molecule is Cc1nc(C2CC(O)C2)cc(N2CCN(CCN(C)C)CC2)n1. The van der Waals surface area contributed by atoms with Crippen molar-refractivity contribution in [1.29, 1.82) is 0 Å². The number of rotatable bonds is 5. The van der Waals surface area contributed by atoms with Gasteiger partial charge < -0.3 is 14.9 Å². The Hall–Kier alpha value is -1.24. The van der Waals surface area contributed by atoms with Gasteiger partial charge in [-0.15, -0.1) is 0 Å². The number of aromatic nitrogens is 2. The third-order valence-electron chi connectivity index (χ3n) is 4.94. The van der Waals surface area contributed by atoms with Crippen molar-refractivity contribution < 1.29 is 5.11 Å². The summed E-state index contributed by atoms with van der Waals surface area (Å²) in [5, 5.41) is 9.52. The number of piperazine rings is 1. The number of hydrogen-bond donors (Lipinski definition) is 1. The van der Waals surface area contributed by atoms with E-state index in [4.69, 9.17) is 0 Å². The first-order valence-electron chi connectivity index (χ1n) is 8.67. The van der Waals surface area contributed by atoms with E-state index < -0.39 is 0 Å². The molecule has 3 rings (SSSR count). The molecule has 2 heterocycles. The lowest BCUT2D eigenvalue weighted by Crippen LogP contribution is -2.48. The molecule has 2 fully saturated rings. The fourth-order valence-corrected chi connectivity index (χ4v) is 3.32. The molecule has 6 heteroatoms. The van der Waals surface area contributed by atoms with Crippen molar-refractivity contribution in [3.05, 3.63) is 17.6 Å². The van der Waals surface area contributed by atoms with Crippen molar-refractivity contribution in [3.63, 3.8) is 0 Å². The van der Waals surface area contributed by atoms with Gasteiger partial charge >= 0.3 is 0 Å². The molecule has 0 spiro atoms. The summed E-state index contributed by atoms with van der Waals surface area (Å²) in [6.45, 7) is 8.45. The maximum Gasteiger partial charge on any atom is 0.132 e. The first-order valence-corrected chi connectivity index (χ1v) is 8.67. The monoisotopic (exact) mass is 319 g/mol. The topological polar surface area (TPSA) is 55.7 Å². The molecule has 1 aliphatic heterocycles. The van der Waals surface area contributed by atoms with E-state index in [9.17, 15) is 5.11 Å². The average molecular weight is 319 g/mol. The highest BCUT2D eigenvalue weighted by Gasteiger charge is 2.30. The second-order valence-corrected chi connectivity index (χ2v) is 7.15. The summed E-state index contributed by atoms with van der Waals surface area (Å²) in [7, 11) is 4.25. The van der Waals surface area contributed by atoms with Gasteiger partial charge in [0.05, 0.1) is 6.10 Å². The van der Waals surface area contributed by atoms with Crippen LogP contribution in [0.5, 0.6) is 0 Å². The molecule has 0 aromatic carbocycles. The smallest absolute Gasteiger partial charge is 0.132 e. The maximum absolute atomic E-state index is 9.52. The second-order valence-electron chi connectivity index (χ2n) is 7.15. The van der Waals surface area contributed by atoms with Crippen LogP contribution in [0.1, 0.15) is 30.3 Å². The van der Waals surface area contributed by atoms with E-state index in [0.29, 0.717) is 5.92 Å².